The van der Waals surface area contributed by atoms with Crippen molar-refractivity contribution >= 4 is 71.7 Å². The largest absolute Gasteiger partial charge is 0.269 e. The van der Waals surface area contributed by atoms with E-state index in [1.165, 1.54) is 0 Å². The average Bonchev–Trinajstić information content (AvgIpc) is 2.26. The van der Waals surface area contributed by atoms with Gasteiger partial charge in [0, 0.05) is 44.4 Å². The number of hydrogen-bond donors (Lipinski definition) is 6. The van der Waals surface area contributed by atoms with Crippen LogP contribution in [0.25, 0.3) is 0 Å². The lowest BCUT2D eigenvalue weighted by molar-refractivity contribution is 1.47. The lowest BCUT2D eigenvalue weighted by atomic mass is 13.8. The van der Waals surface area contributed by atoms with Crippen molar-refractivity contribution < 1.29 is 0 Å². The maximum atomic E-state index is 3.76. The van der Waals surface area contributed by atoms with Crippen molar-refractivity contribution in [2.45, 2.75) is 0 Å². The molecule has 7 atom stereocenters. The summed E-state index contributed by atoms with van der Waals surface area (Å²) in [7, 11) is 8.73. The van der Waals surface area contributed by atoms with Crippen LogP contribution in [0.15, 0.2) is 4.52 Å². The van der Waals surface area contributed by atoms with Gasteiger partial charge in [0.25, 0.3) is 0 Å². The summed E-state index contributed by atoms with van der Waals surface area (Å²) in [6.07, 6.45) is 0. The molecule has 0 aliphatic heterocycles. The summed E-state index contributed by atoms with van der Waals surface area (Å²) in [5.74, 6) is 0. The summed E-state index contributed by atoms with van der Waals surface area (Å²) < 4.78 is 3.76. The van der Waals surface area contributed by atoms with Gasteiger partial charge in [-0.25, -0.2) is 9.37 Å². The summed E-state index contributed by atoms with van der Waals surface area (Å²) in [5, 5.41) is 0. The van der Waals surface area contributed by atoms with E-state index in [2.05, 4.69) is 52.1 Å². The van der Waals surface area contributed by atoms with Crippen molar-refractivity contribution in [3.05, 3.63) is 0 Å². The van der Waals surface area contributed by atoms with Crippen molar-refractivity contribution in [2.24, 2.45) is 4.52 Å². The molecule has 0 bridgehead atoms. The molecule has 15 heteroatoms. The Hall–Kier alpha value is 2.87. The fourth-order valence-corrected chi connectivity index (χ4v) is 6.48. The Morgan fingerprint density at radius 2 is 1.27 bits per heavy atom. The van der Waals surface area contributed by atoms with Gasteiger partial charge in [-0.05, 0) is 9.03 Å². The van der Waals surface area contributed by atoms with Crippen LogP contribution in [0.3, 0.4) is 0 Å². The van der Waals surface area contributed by atoms with Gasteiger partial charge in [-0.3, -0.25) is 24.3 Å². The van der Waals surface area contributed by atoms with Crippen molar-refractivity contribution in [1.29, 1.82) is 0 Å². The zero-order valence-electron chi connectivity index (χ0n) is 7.52. The predicted molar refractivity (Wildman–Crippen MR) is 89.2 cm³/mol. The Labute approximate surface area is 105 Å². The molecule has 0 aromatic carbocycles. The van der Waals surface area contributed by atoms with Crippen molar-refractivity contribution in [3.63, 3.8) is 0 Å². The van der Waals surface area contributed by atoms with E-state index in [0.717, 1.165) is 0 Å². The molecule has 6 N–H and O–H groups in total. The van der Waals surface area contributed by atoms with Crippen LogP contribution < -0.4 is 29.1 Å². The van der Waals surface area contributed by atoms with Crippen molar-refractivity contribution in [2.75, 3.05) is 0 Å². The minimum Gasteiger partial charge on any atom is -0.269 e. The molecule has 0 amide bonds. The Morgan fingerprint density at radius 1 is 0.800 bits per heavy atom. The quantitative estimate of drug-likeness (QED) is 0.235. The molecule has 0 rings (SSSR count). The van der Waals surface area contributed by atoms with Crippen LogP contribution in [0.2, 0.25) is 0 Å². The smallest absolute Gasteiger partial charge is 0.0807 e. The summed E-state index contributed by atoms with van der Waals surface area (Å²) in [6.45, 7) is 0. The average molecular weight is 361 g/mol. The van der Waals surface area contributed by atoms with Gasteiger partial charge in [0.05, 0.1) is 8.88 Å². The van der Waals surface area contributed by atoms with E-state index in [9.17, 15) is 0 Å². The lowest BCUT2D eigenvalue weighted by Gasteiger charge is -2.07. The van der Waals surface area contributed by atoms with E-state index in [1.807, 2.05) is 0 Å². The minimum atomic E-state index is 0.412. The van der Waals surface area contributed by atoms with E-state index in [0.29, 0.717) is 53.3 Å². The topological polar surface area (TPSA) is 84.5 Å². The first-order valence-corrected chi connectivity index (χ1v) is 10.5. The molecule has 0 aliphatic carbocycles. The number of nitrogens with one attached hydrogen (secondary N) is 6. The molecule has 0 radical (unpaired) electrons. The van der Waals surface area contributed by atoms with Crippen LogP contribution in [-0.4, -0.2) is 0 Å². The summed E-state index contributed by atoms with van der Waals surface area (Å²) >= 11 is 0. The Balaban J connectivity index is 2.83. The van der Waals surface area contributed by atoms with E-state index in [4.69, 9.17) is 0 Å². The molecule has 0 saturated heterocycles. The molecular weight excluding hydrogens is 346 g/mol. The fraction of sp³-hybridized carbons (Fsp3) is 0. The molecule has 0 heterocycles. The van der Waals surface area contributed by atoms with E-state index >= 15 is 0 Å². The monoisotopic (exact) mass is 361 g/mol. The molecule has 0 fully saturated rings. The molecular formula is H15N7P8. The first kappa shape index (κ1) is 17.9. The summed E-state index contributed by atoms with van der Waals surface area (Å²) in [6, 6.07) is 0. The van der Waals surface area contributed by atoms with Gasteiger partial charge in [0.15, 0.2) is 0 Å². The van der Waals surface area contributed by atoms with Gasteiger partial charge in [0.1, 0.15) is 0 Å². The highest BCUT2D eigenvalue weighted by Crippen LogP contribution is 2.21. The third-order valence-electron chi connectivity index (χ3n) is 0.746. The molecule has 7 nitrogen and oxygen atoms in total. The minimum absolute atomic E-state index is 0.412. The zero-order chi connectivity index (χ0) is 11.2. The Kier molecular flexibility index (Phi) is 20.1. The van der Waals surface area contributed by atoms with Gasteiger partial charge < -0.3 is 0 Å². The predicted octanol–water partition coefficient (Wildman–Crippen LogP) is 1.69. The van der Waals surface area contributed by atoms with Crippen molar-refractivity contribution in [3.8, 4) is 0 Å². The van der Waals surface area contributed by atoms with Crippen LogP contribution in [0.1, 0.15) is 0 Å². The molecule has 0 aromatic heterocycles. The Morgan fingerprint density at radius 3 is 1.73 bits per heavy atom. The number of hydrogen-bond acceptors (Lipinski definition) is 7. The van der Waals surface area contributed by atoms with Gasteiger partial charge in [-0.2, -0.15) is 0 Å². The second kappa shape index (κ2) is 16.9. The highest BCUT2D eigenvalue weighted by atomic mass is 31.2. The van der Waals surface area contributed by atoms with E-state index in [1.54, 1.807) is 0 Å². The molecule has 15 heavy (non-hydrogen) atoms. The van der Waals surface area contributed by atoms with Crippen LogP contribution in [0, 0.1) is 0 Å². The third kappa shape index (κ3) is 16.9. The SMILES string of the molecule is P=NPNPNPNPNPNPNP. The van der Waals surface area contributed by atoms with Crippen LogP contribution >= 0.6 is 71.7 Å². The number of nitrogens with zero attached hydrogens (tertiary/aromatic N) is 1. The lowest BCUT2D eigenvalue weighted by Crippen LogP contribution is -2.03. The second-order valence-corrected chi connectivity index (χ2v) is 10.1. The highest BCUT2D eigenvalue weighted by Gasteiger charge is 1.86. The molecule has 0 saturated carbocycles. The maximum absolute atomic E-state index is 3.76. The van der Waals surface area contributed by atoms with Gasteiger partial charge in [-0.1, -0.05) is 9.39 Å². The van der Waals surface area contributed by atoms with Crippen LogP contribution in [0.5, 0.6) is 0 Å². The molecule has 90 valence electrons. The second-order valence-electron chi connectivity index (χ2n) is 1.62. The summed E-state index contributed by atoms with van der Waals surface area (Å²) in [5.41, 5.74) is 0. The number of rotatable bonds is 12. The highest BCUT2D eigenvalue weighted by molar-refractivity contribution is 7.63. The van der Waals surface area contributed by atoms with Gasteiger partial charge >= 0.3 is 0 Å². The van der Waals surface area contributed by atoms with Crippen molar-refractivity contribution in [1.82, 2.24) is 29.1 Å². The van der Waals surface area contributed by atoms with E-state index < -0.39 is 0 Å². The molecule has 0 aromatic rings. The molecule has 0 spiro atoms. The van der Waals surface area contributed by atoms with Gasteiger partial charge in [0.2, 0.25) is 0 Å². The maximum Gasteiger partial charge on any atom is 0.0807 e. The first-order chi connectivity index (χ1) is 7.41. The van der Waals surface area contributed by atoms with Crippen LogP contribution in [0.4, 0.5) is 0 Å². The fourth-order valence-electron chi connectivity index (χ4n) is 0.342. The zero-order valence-corrected chi connectivity index (χ0v) is 15.7. The normalized spacial score (nSPS) is 15.3. The van der Waals surface area contributed by atoms with Gasteiger partial charge in [-0.15, -0.1) is 0 Å². The van der Waals surface area contributed by atoms with Crippen LogP contribution in [-0.2, 0) is 0 Å². The molecule has 0 aliphatic rings. The molecule has 7 unspecified atom stereocenters. The third-order valence-corrected chi connectivity index (χ3v) is 6.72. The summed E-state index contributed by atoms with van der Waals surface area (Å²) in [4.78, 5) is 19.0. The standard InChI is InChI=1S/H15N7P8/c8-1-10-3-12-5-14-7-15-6-13-4-11-2-9/h1,3-7,9-15H,8H2. The van der Waals surface area contributed by atoms with E-state index in [-0.39, 0.29) is 0 Å². The Bertz CT molecular complexity index is 130. The first-order valence-electron chi connectivity index (χ1n) is 3.49.